The highest BCUT2D eigenvalue weighted by Crippen LogP contribution is 2.29. The molecule has 0 aliphatic carbocycles. The molecule has 180 valence electrons. The first-order valence-corrected chi connectivity index (χ1v) is 10.7. The van der Waals surface area contributed by atoms with Crippen LogP contribution < -0.4 is 5.43 Å². The van der Waals surface area contributed by atoms with Crippen molar-refractivity contribution in [3.8, 4) is 0 Å². The second kappa shape index (κ2) is 12.4. The zero-order chi connectivity index (χ0) is 24.4. The van der Waals surface area contributed by atoms with Crippen LogP contribution in [0.25, 0.3) is 0 Å². The maximum Gasteiger partial charge on any atom is 0.416 e. The predicted molar refractivity (Wildman–Crippen MR) is 117 cm³/mol. The molecule has 2 aromatic carbocycles. The van der Waals surface area contributed by atoms with Gasteiger partial charge in [-0.05, 0) is 48.6 Å². The summed E-state index contributed by atoms with van der Waals surface area (Å²) in [5.41, 5.74) is 4.03. The van der Waals surface area contributed by atoms with Crippen molar-refractivity contribution < 1.29 is 32.6 Å². The molecule has 0 saturated heterocycles. The summed E-state index contributed by atoms with van der Waals surface area (Å²) in [6.45, 7) is 2.41. The lowest BCUT2D eigenvalue weighted by molar-refractivity contribution is -0.137. The number of ether oxygens (including phenoxy) is 1. The number of aliphatic hydroxyl groups is 1. The molecule has 33 heavy (non-hydrogen) atoms. The molecule has 6 nitrogen and oxygen atoms in total. The summed E-state index contributed by atoms with van der Waals surface area (Å²) in [5.74, 6) is -0.539. The number of amides is 1. The van der Waals surface area contributed by atoms with Gasteiger partial charge in [0.2, 0.25) is 5.91 Å². The van der Waals surface area contributed by atoms with Crippen molar-refractivity contribution in [1.82, 2.24) is 10.4 Å². The van der Waals surface area contributed by atoms with E-state index in [4.69, 9.17) is 0 Å². The molecule has 1 atom stereocenters. The van der Waals surface area contributed by atoms with Gasteiger partial charge >= 0.3 is 12.1 Å². The summed E-state index contributed by atoms with van der Waals surface area (Å²) >= 11 is 0. The molecule has 2 rings (SSSR count). The molecule has 0 fully saturated rings. The van der Waals surface area contributed by atoms with E-state index in [-0.39, 0.29) is 25.3 Å². The summed E-state index contributed by atoms with van der Waals surface area (Å²) in [5, 5.41) is 11.7. The number of hydrazine groups is 1. The third-order valence-corrected chi connectivity index (χ3v) is 5.11. The van der Waals surface area contributed by atoms with E-state index in [1.165, 1.54) is 18.2 Å². The predicted octanol–water partition coefficient (Wildman–Crippen LogP) is 3.77. The van der Waals surface area contributed by atoms with Gasteiger partial charge in [0.1, 0.15) is 0 Å². The van der Waals surface area contributed by atoms with E-state index in [9.17, 15) is 27.9 Å². The Hall–Kier alpha value is -2.91. The van der Waals surface area contributed by atoms with Crippen molar-refractivity contribution >= 4 is 11.9 Å². The Kier molecular flexibility index (Phi) is 9.87. The van der Waals surface area contributed by atoms with Crippen LogP contribution in [-0.4, -0.2) is 48.3 Å². The average Bonchev–Trinajstić information content (AvgIpc) is 2.80. The van der Waals surface area contributed by atoms with E-state index in [1.807, 2.05) is 0 Å². The summed E-state index contributed by atoms with van der Waals surface area (Å²) in [7, 11) is 1.31. The number of nitrogens with zero attached hydrogens (tertiary/aromatic N) is 1. The van der Waals surface area contributed by atoms with Crippen LogP contribution in [0.3, 0.4) is 0 Å². The topological polar surface area (TPSA) is 78.9 Å². The molecule has 1 amide bonds. The molecule has 0 saturated carbocycles. The molecular weight excluding hydrogens is 437 g/mol. The van der Waals surface area contributed by atoms with Crippen LogP contribution >= 0.6 is 0 Å². The molecule has 0 aliphatic heterocycles. The molecule has 0 spiro atoms. The fraction of sp³-hybridized carbons (Fsp3) is 0.417. The van der Waals surface area contributed by atoms with Gasteiger partial charge in [0.25, 0.3) is 0 Å². The monoisotopic (exact) mass is 466 g/mol. The van der Waals surface area contributed by atoms with Crippen LogP contribution in [0.4, 0.5) is 13.2 Å². The van der Waals surface area contributed by atoms with Crippen molar-refractivity contribution in [3.05, 3.63) is 70.8 Å². The Balaban J connectivity index is 1.85. The van der Waals surface area contributed by atoms with E-state index in [0.29, 0.717) is 30.5 Å². The van der Waals surface area contributed by atoms with Crippen LogP contribution in [0.15, 0.2) is 48.5 Å². The van der Waals surface area contributed by atoms with Gasteiger partial charge < -0.3 is 9.84 Å². The lowest BCUT2D eigenvalue weighted by atomic mass is 10.0. The lowest BCUT2D eigenvalue weighted by Crippen LogP contribution is -2.44. The second-order valence-electron chi connectivity index (χ2n) is 7.59. The number of halogens is 3. The zero-order valence-corrected chi connectivity index (χ0v) is 18.7. The number of methoxy groups -OCH3 is 1. The van der Waals surface area contributed by atoms with Gasteiger partial charge in [-0.1, -0.05) is 37.3 Å². The maximum atomic E-state index is 12.8. The molecule has 0 radical (unpaired) electrons. The highest BCUT2D eigenvalue weighted by atomic mass is 19.4. The van der Waals surface area contributed by atoms with Gasteiger partial charge in [0.15, 0.2) is 0 Å². The van der Waals surface area contributed by atoms with Crippen LogP contribution in [0, 0.1) is 0 Å². The van der Waals surface area contributed by atoms with E-state index >= 15 is 0 Å². The Bertz CT molecular complexity index is 917. The summed E-state index contributed by atoms with van der Waals surface area (Å²) in [6, 6.07) is 11.8. The number of rotatable bonds is 11. The first kappa shape index (κ1) is 26.3. The first-order chi connectivity index (χ1) is 15.6. The Morgan fingerprint density at radius 2 is 1.82 bits per heavy atom. The van der Waals surface area contributed by atoms with E-state index in [2.05, 4.69) is 10.2 Å². The Labute approximate surface area is 191 Å². The van der Waals surface area contributed by atoms with Gasteiger partial charge in [-0.25, -0.2) is 10.2 Å². The highest BCUT2D eigenvalue weighted by Gasteiger charge is 2.30. The summed E-state index contributed by atoms with van der Waals surface area (Å²) in [4.78, 5) is 23.8. The number of aliphatic hydroxyl groups excluding tert-OH is 1. The lowest BCUT2D eigenvalue weighted by Gasteiger charge is -2.24. The van der Waals surface area contributed by atoms with Gasteiger partial charge in [0.05, 0.1) is 24.3 Å². The van der Waals surface area contributed by atoms with Crippen LogP contribution in [0.2, 0.25) is 0 Å². The SMILES string of the molecule is CCC(=O)N(CCc1ccc(C(=O)OC)cc1)NCCC(O)Cc1cccc(C(F)(F)F)c1. The molecule has 0 heterocycles. The molecule has 2 aromatic rings. The average molecular weight is 467 g/mol. The number of carbonyl (C=O) groups excluding carboxylic acids is 2. The quantitative estimate of drug-likeness (QED) is 0.389. The first-order valence-electron chi connectivity index (χ1n) is 10.7. The van der Waals surface area contributed by atoms with Gasteiger partial charge in [0, 0.05) is 19.5 Å². The minimum atomic E-state index is -4.43. The number of benzene rings is 2. The summed E-state index contributed by atoms with van der Waals surface area (Å²) in [6.07, 6.45) is -4.10. The van der Waals surface area contributed by atoms with E-state index < -0.39 is 23.8 Å². The van der Waals surface area contributed by atoms with Crippen molar-refractivity contribution in [1.29, 1.82) is 0 Å². The number of hydrogen-bond acceptors (Lipinski definition) is 5. The molecule has 2 N–H and O–H groups in total. The van der Waals surface area contributed by atoms with Gasteiger partial charge in [-0.2, -0.15) is 13.2 Å². The number of hydrogen-bond donors (Lipinski definition) is 2. The van der Waals surface area contributed by atoms with E-state index in [1.54, 1.807) is 37.3 Å². The highest BCUT2D eigenvalue weighted by molar-refractivity contribution is 5.89. The van der Waals surface area contributed by atoms with E-state index in [0.717, 1.165) is 17.7 Å². The Morgan fingerprint density at radius 3 is 2.42 bits per heavy atom. The second-order valence-corrected chi connectivity index (χ2v) is 7.59. The van der Waals surface area contributed by atoms with Crippen LogP contribution in [-0.2, 0) is 28.5 Å². The zero-order valence-electron chi connectivity index (χ0n) is 18.7. The maximum absolute atomic E-state index is 12.8. The van der Waals surface area contributed by atoms with Crippen LogP contribution in [0.5, 0.6) is 0 Å². The molecule has 9 heteroatoms. The molecular formula is C24H29F3N2O4. The number of nitrogens with one attached hydrogen (secondary N) is 1. The van der Waals surface area contributed by atoms with Crippen LogP contribution in [0.1, 0.15) is 46.8 Å². The third-order valence-electron chi connectivity index (χ3n) is 5.11. The standard InChI is InChI=1S/C24H29F3N2O4/c1-3-22(31)29(14-12-17-7-9-19(10-8-17)23(32)33-2)28-13-11-21(30)16-18-5-4-6-20(15-18)24(25,26)27/h4-10,15,21,28,30H,3,11-14,16H2,1-2H3. The minimum Gasteiger partial charge on any atom is -0.465 e. The fourth-order valence-electron chi connectivity index (χ4n) is 3.26. The normalized spacial score (nSPS) is 12.3. The molecule has 1 unspecified atom stereocenters. The molecule has 0 aromatic heterocycles. The number of esters is 1. The molecule has 0 bridgehead atoms. The largest absolute Gasteiger partial charge is 0.465 e. The van der Waals surface area contributed by atoms with Crippen molar-refractivity contribution in [2.75, 3.05) is 20.2 Å². The Morgan fingerprint density at radius 1 is 1.12 bits per heavy atom. The van der Waals surface area contributed by atoms with Gasteiger partial charge in [-0.15, -0.1) is 0 Å². The number of carbonyl (C=O) groups is 2. The minimum absolute atomic E-state index is 0.0832. The smallest absolute Gasteiger partial charge is 0.416 e. The fourth-order valence-corrected chi connectivity index (χ4v) is 3.26. The molecule has 0 aliphatic rings. The van der Waals surface area contributed by atoms with Crippen molar-refractivity contribution in [3.63, 3.8) is 0 Å². The van der Waals surface area contributed by atoms with Crippen molar-refractivity contribution in [2.24, 2.45) is 0 Å². The van der Waals surface area contributed by atoms with Gasteiger partial charge in [-0.3, -0.25) is 9.80 Å². The third kappa shape index (κ3) is 8.51. The summed E-state index contributed by atoms with van der Waals surface area (Å²) < 4.78 is 43.2. The number of alkyl halides is 3. The van der Waals surface area contributed by atoms with Crippen molar-refractivity contribution in [2.45, 2.75) is 44.9 Å².